The summed E-state index contributed by atoms with van der Waals surface area (Å²) in [4.78, 5) is 0. The summed E-state index contributed by atoms with van der Waals surface area (Å²) in [5, 5.41) is 0. The van der Waals surface area contributed by atoms with Gasteiger partial charge in [0.15, 0.2) is 0 Å². The fourth-order valence-corrected chi connectivity index (χ4v) is 3.99. The highest BCUT2D eigenvalue weighted by atomic mass is 14.4. The Labute approximate surface area is 114 Å². The molecule has 0 spiro atoms. The van der Waals surface area contributed by atoms with Gasteiger partial charge in [-0.05, 0) is 49.4 Å². The summed E-state index contributed by atoms with van der Waals surface area (Å²) in [5.41, 5.74) is 0.635. The number of allylic oxidation sites excluding steroid dienone is 2. The van der Waals surface area contributed by atoms with Crippen molar-refractivity contribution < 1.29 is 0 Å². The maximum Gasteiger partial charge on any atom is -0.00837 e. The SMILES string of the molecule is CCCCCC1(CCC2CCCC(C)C2)C=CC1. The van der Waals surface area contributed by atoms with E-state index in [4.69, 9.17) is 0 Å². The summed E-state index contributed by atoms with van der Waals surface area (Å²) in [6.07, 6.45) is 21.0. The van der Waals surface area contributed by atoms with E-state index in [0.717, 1.165) is 11.8 Å². The number of unbranched alkanes of at least 4 members (excludes halogenated alkanes) is 2. The van der Waals surface area contributed by atoms with Gasteiger partial charge in [0.05, 0.1) is 0 Å². The van der Waals surface area contributed by atoms with Crippen LogP contribution in [0.3, 0.4) is 0 Å². The Morgan fingerprint density at radius 1 is 1.17 bits per heavy atom. The van der Waals surface area contributed by atoms with Gasteiger partial charge in [-0.25, -0.2) is 0 Å². The highest BCUT2D eigenvalue weighted by Crippen LogP contribution is 2.45. The highest BCUT2D eigenvalue weighted by Gasteiger charge is 2.31. The van der Waals surface area contributed by atoms with Gasteiger partial charge in [0.2, 0.25) is 0 Å². The lowest BCUT2D eigenvalue weighted by Gasteiger charge is -2.38. The van der Waals surface area contributed by atoms with Gasteiger partial charge in [-0.1, -0.05) is 64.5 Å². The Balaban J connectivity index is 1.71. The first kappa shape index (κ1) is 14.2. The van der Waals surface area contributed by atoms with Gasteiger partial charge in [-0.3, -0.25) is 0 Å². The summed E-state index contributed by atoms with van der Waals surface area (Å²) >= 11 is 0. The lowest BCUT2D eigenvalue weighted by Crippen LogP contribution is -2.25. The molecule has 0 aromatic rings. The molecule has 0 radical (unpaired) electrons. The molecule has 0 saturated heterocycles. The summed E-state index contributed by atoms with van der Waals surface area (Å²) in [5.74, 6) is 2.04. The maximum absolute atomic E-state index is 2.54. The molecule has 104 valence electrons. The van der Waals surface area contributed by atoms with Crippen LogP contribution in [-0.2, 0) is 0 Å². The van der Waals surface area contributed by atoms with E-state index in [1.165, 1.54) is 70.6 Å². The van der Waals surface area contributed by atoms with E-state index < -0.39 is 0 Å². The van der Waals surface area contributed by atoms with Gasteiger partial charge < -0.3 is 0 Å². The third kappa shape index (κ3) is 3.87. The van der Waals surface area contributed by atoms with Gasteiger partial charge in [0.1, 0.15) is 0 Å². The molecule has 0 aliphatic heterocycles. The molecule has 2 aliphatic carbocycles. The average Bonchev–Trinajstić information content (AvgIpc) is 2.32. The van der Waals surface area contributed by atoms with Gasteiger partial charge >= 0.3 is 0 Å². The molecular formula is C18H32. The van der Waals surface area contributed by atoms with E-state index in [9.17, 15) is 0 Å². The number of hydrogen-bond donors (Lipinski definition) is 0. The van der Waals surface area contributed by atoms with Crippen LogP contribution in [0.15, 0.2) is 12.2 Å². The van der Waals surface area contributed by atoms with Gasteiger partial charge in [-0.15, -0.1) is 0 Å². The van der Waals surface area contributed by atoms with E-state index in [0.29, 0.717) is 5.41 Å². The van der Waals surface area contributed by atoms with E-state index in [1.54, 1.807) is 0 Å². The Bertz CT molecular complexity index is 265. The molecule has 0 aromatic heterocycles. The molecule has 2 rings (SSSR count). The van der Waals surface area contributed by atoms with E-state index in [-0.39, 0.29) is 0 Å². The molecule has 0 aromatic carbocycles. The third-order valence-electron chi connectivity index (χ3n) is 5.37. The summed E-state index contributed by atoms with van der Waals surface area (Å²) in [6, 6.07) is 0. The normalized spacial score (nSPS) is 35.4. The van der Waals surface area contributed by atoms with Crippen molar-refractivity contribution in [2.75, 3.05) is 0 Å². The summed E-state index contributed by atoms with van der Waals surface area (Å²) in [7, 11) is 0. The zero-order valence-corrected chi connectivity index (χ0v) is 12.6. The van der Waals surface area contributed by atoms with Crippen molar-refractivity contribution in [3.8, 4) is 0 Å². The largest absolute Gasteiger partial charge is 0.0871 e. The Morgan fingerprint density at radius 2 is 2.00 bits per heavy atom. The molecule has 0 bridgehead atoms. The fraction of sp³-hybridized carbons (Fsp3) is 0.889. The minimum absolute atomic E-state index is 0.635. The van der Waals surface area contributed by atoms with Crippen molar-refractivity contribution >= 4 is 0 Å². The van der Waals surface area contributed by atoms with Crippen LogP contribution >= 0.6 is 0 Å². The van der Waals surface area contributed by atoms with Crippen LogP contribution in [0, 0.1) is 17.3 Å². The molecule has 0 nitrogen and oxygen atoms in total. The molecule has 1 fully saturated rings. The van der Waals surface area contributed by atoms with E-state index in [2.05, 4.69) is 26.0 Å². The van der Waals surface area contributed by atoms with Crippen molar-refractivity contribution in [3.63, 3.8) is 0 Å². The molecule has 2 aliphatic rings. The third-order valence-corrected chi connectivity index (χ3v) is 5.37. The van der Waals surface area contributed by atoms with Crippen molar-refractivity contribution in [1.29, 1.82) is 0 Å². The van der Waals surface area contributed by atoms with Crippen LogP contribution in [0.5, 0.6) is 0 Å². The first-order valence-electron chi connectivity index (χ1n) is 8.42. The van der Waals surface area contributed by atoms with Crippen molar-refractivity contribution in [2.45, 2.75) is 84.5 Å². The van der Waals surface area contributed by atoms with E-state index >= 15 is 0 Å². The van der Waals surface area contributed by atoms with Crippen molar-refractivity contribution in [1.82, 2.24) is 0 Å². The monoisotopic (exact) mass is 248 g/mol. The molecule has 0 heteroatoms. The number of rotatable bonds is 7. The molecule has 18 heavy (non-hydrogen) atoms. The molecular weight excluding hydrogens is 216 g/mol. The van der Waals surface area contributed by atoms with Gasteiger partial charge in [0, 0.05) is 0 Å². The van der Waals surface area contributed by atoms with Crippen LogP contribution in [0.25, 0.3) is 0 Å². The summed E-state index contributed by atoms with van der Waals surface area (Å²) < 4.78 is 0. The Morgan fingerprint density at radius 3 is 2.61 bits per heavy atom. The predicted octanol–water partition coefficient (Wildman–Crippen LogP) is 6.12. The predicted molar refractivity (Wildman–Crippen MR) is 80.7 cm³/mol. The lowest BCUT2D eigenvalue weighted by atomic mass is 9.67. The van der Waals surface area contributed by atoms with Crippen molar-refractivity contribution in [2.24, 2.45) is 17.3 Å². The van der Waals surface area contributed by atoms with Crippen LogP contribution in [0.1, 0.15) is 84.5 Å². The zero-order valence-electron chi connectivity index (χ0n) is 12.6. The van der Waals surface area contributed by atoms with Crippen molar-refractivity contribution in [3.05, 3.63) is 12.2 Å². The Kier molecular flexibility index (Phi) is 5.33. The molecule has 3 unspecified atom stereocenters. The molecule has 0 amide bonds. The molecule has 1 saturated carbocycles. The second-order valence-electron chi connectivity index (χ2n) is 7.10. The van der Waals surface area contributed by atoms with Crippen LogP contribution in [-0.4, -0.2) is 0 Å². The maximum atomic E-state index is 2.54. The van der Waals surface area contributed by atoms with Gasteiger partial charge in [-0.2, -0.15) is 0 Å². The zero-order chi connectivity index (χ0) is 12.8. The van der Waals surface area contributed by atoms with Crippen LogP contribution < -0.4 is 0 Å². The molecule has 0 N–H and O–H groups in total. The second-order valence-corrected chi connectivity index (χ2v) is 7.10. The van der Waals surface area contributed by atoms with Crippen LogP contribution in [0.2, 0.25) is 0 Å². The number of hydrogen-bond acceptors (Lipinski definition) is 0. The molecule has 0 heterocycles. The van der Waals surface area contributed by atoms with Crippen LogP contribution in [0.4, 0.5) is 0 Å². The minimum Gasteiger partial charge on any atom is -0.0871 e. The van der Waals surface area contributed by atoms with E-state index in [1.807, 2.05) is 0 Å². The highest BCUT2D eigenvalue weighted by molar-refractivity contribution is 5.12. The quantitative estimate of drug-likeness (QED) is 0.376. The average molecular weight is 248 g/mol. The smallest absolute Gasteiger partial charge is 0.00837 e. The first-order chi connectivity index (χ1) is 8.74. The fourth-order valence-electron chi connectivity index (χ4n) is 3.99. The molecule has 3 atom stereocenters. The topological polar surface area (TPSA) is 0 Å². The second kappa shape index (κ2) is 6.78. The first-order valence-corrected chi connectivity index (χ1v) is 8.42. The minimum atomic E-state index is 0.635. The standard InChI is InChI=1S/C18H32/c1-3-4-5-11-18(12-7-13-18)14-10-17-9-6-8-16(2)15-17/h7,12,16-17H,3-6,8-11,13-15H2,1-2H3. The summed E-state index contributed by atoms with van der Waals surface area (Å²) in [6.45, 7) is 4.76. The Hall–Kier alpha value is -0.260. The van der Waals surface area contributed by atoms with Gasteiger partial charge in [0.25, 0.3) is 0 Å². The lowest BCUT2D eigenvalue weighted by molar-refractivity contribution is 0.211.